The Morgan fingerprint density at radius 2 is 2.03 bits per heavy atom. The van der Waals surface area contributed by atoms with Crippen molar-refractivity contribution in [2.45, 2.75) is 18.6 Å². The molecule has 1 saturated heterocycles. The molecule has 0 unspecified atom stereocenters. The molecule has 3 heterocycles. The van der Waals surface area contributed by atoms with Crippen LogP contribution in [0.1, 0.15) is 16.9 Å². The summed E-state index contributed by atoms with van der Waals surface area (Å²) in [5.74, 6) is 0.936. The minimum absolute atomic E-state index is 0.0240. The number of anilines is 2. The van der Waals surface area contributed by atoms with Crippen LogP contribution in [-0.4, -0.2) is 41.2 Å². The van der Waals surface area contributed by atoms with Crippen molar-refractivity contribution in [1.82, 2.24) is 15.3 Å². The van der Waals surface area contributed by atoms with E-state index in [1.807, 2.05) is 42.5 Å². The van der Waals surface area contributed by atoms with Crippen LogP contribution < -0.4 is 25.8 Å². The number of para-hydroxylation sites is 2. The number of carbonyl (C=O) groups excluding carboxylic acids is 1. The lowest BCUT2D eigenvalue weighted by atomic mass is 10.1. The molecule has 30 heavy (non-hydrogen) atoms. The molecular weight excluding hydrogens is 382 g/mol. The first kappa shape index (κ1) is 18.4. The topological polar surface area (TPSA) is 111 Å². The van der Waals surface area contributed by atoms with Crippen LogP contribution >= 0.6 is 0 Å². The van der Waals surface area contributed by atoms with Gasteiger partial charge in [-0.2, -0.15) is 0 Å². The third-order valence-corrected chi connectivity index (χ3v) is 5.21. The number of benzene rings is 2. The second-order valence-corrected chi connectivity index (χ2v) is 7.36. The van der Waals surface area contributed by atoms with Crippen LogP contribution in [0.4, 0.5) is 11.5 Å². The summed E-state index contributed by atoms with van der Waals surface area (Å²) < 4.78 is 12.2. The van der Waals surface area contributed by atoms with E-state index in [0.717, 1.165) is 17.7 Å². The van der Waals surface area contributed by atoms with Crippen molar-refractivity contribution in [1.29, 1.82) is 0 Å². The number of hydrogen-bond acceptors (Lipinski definition) is 7. The maximum Gasteiger partial charge on any atom is 0.278 e. The third-order valence-electron chi connectivity index (χ3n) is 5.21. The summed E-state index contributed by atoms with van der Waals surface area (Å²) in [6.45, 7) is 1.23. The van der Waals surface area contributed by atoms with Gasteiger partial charge in [0.25, 0.3) is 5.91 Å². The molecule has 0 aliphatic carbocycles. The Kier molecular flexibility index (Phi) is 4.68. The molecule has 8 nitrogen and oxygen atoms in total. The SMILES string of the molecule is Nc1ncc2nc1C(=O)Nc1ccccc1O[C@@H]1CN[C@@H](COc3cccc-2c3)C1. The number of amides is 1. The van der Waals surface area contributed by atoms with Crippen molar-refractivity contribution in [3.05, 3.63) is 60.4 Å². The van der Waals surface area contributed by atoms with Crippen molar-refractivity contribution < 1.29 is 14.3 Å². The van der Waals surface area contributed by atoms with Crippen LogP contribution in [0, 0.1) is 0 Å². The number of hydrogen-bond donors (Lipinski definition) is 3. The first-order valence-electron chi connectivity index (χ1n) is 9.82. The van der Waals surface area contributed by atoms with E-state index in [-0.39, 0.29) is 23.7 Å². The zero-order chi connectivity index (χ0) is 20.5. The Bertz CT molecular complexity index is 1100. The highest BCUT2D eigenvalue weighted by Crippen LogP contribution is 2.29. The van der Waals surface area contributed by atoms with Crippen LogP contribution in [0.3, 0.4) is 0 Å². The highest BCUT2D eigenvalue weighted by Gasteiger charge is 2.27. The lowest BCUT2D eigenvalue weighted by Gasteiger charge is -2.18. The van der Waals surface area contributed by atoms with Crippen molar-refractivity contribution >= 4 is 17.4 Å². The molecule has 152 valence electrons. The van der Waals surface area contributed by atoms with Crippen molar-refractivity contribution in [2.24, 2.45) is 0 Å². The molecule has 3 aromatic rings. The van der Waals surface area contributed by atoms with Gasteiger partial charge in [0.15, 0.2) is 11.5 Å². The van der Waals surface area contributed by atoms with Crippen molar-refractivity contribution in [3.63, 3.8) is 0 Å². The highest BCUT2D eigenvalue weighted by atomic mass is 16.5. The maximum atomic E-state index is 13.0. The normalized spacial score (nSPS) is 20.5. The van der Waals surface area contributed by atoms with E-state index in [1.54, 1.807) is 12.3 Å². The van der Waals surface area contributed by atoms with Crippen molar-refractivity contribution in [2.75, 3.05) is 24.2 Å². The fraction of sp³-hybridized carbons (Fsp3) is 0.227. The Balaban J connectivity index is 1.57. The summed E-state index contributed by atoms with van der Waals surface area (Å²) in [4.78, 5) is 21.6. The molecule has 1 aromatic heterocycles. The summed E-state index contributed by atoms with van der Waals surface area (Å²) in [6.07, 6.45) is 2.33. The van der Waals surface area contributed by atoms with Crippen LogP contribution in [0.25, 0.3) is 11.3 Å². The standard InChI is InChI=1S/C22H21N5O3/c23-21-20-22(28)27-17-6-1-2-7-19(17)30-16-9-14(24-10-16)12-29-15-5-3-4-13(8-15)18(26-20)11-25-21/h1-8,11,14,16,24H,9-10,12H2,(H2,23,25)(H,27,28)/t14-,16+/m1/s1. The molecule has 2 aliphatic heterocycles. The number of fused-ring (bicyclic) bond motifs is 8. The van der Waals surface area contributed by atoms with E-state index in [0.29, 0.717) is 30.3 Å². The van der Waals surface area contributed by atoms with E-state index in [1.165, 1.54) is 0 Å². The Morgan fingerprint density at radius 3 is 2.97 bits per heavy atom. The van der Waals surface area contributed by atoms with E-state index < -0.39 is 5.91 Å². The smallest absolute Gasteiger partial charge is 0.278 e. The predicted octanol–water partition coefficient (Wildman–Crippen LogP) is 2.48. The molecular formula is C22H21N5O3. The minimum Gasteiger partial charge on any atom is -0.492 e. The predicted molar refractivity (Wildman–Crippen MR) is 113 cm³/mol. The van der Waals surface area contributed by atoms with E-state index in [4.69, 9.17) is 15.2 Å². The van der Waals surface area contributed by atoms with Crippen LogP contribution in [0.2, 0.25) is 0 Å². The molecule has 6 bridgehead atoms. The molecule has 5 rings (SSSR count). The molecule has 4 N–H and O–H groups in total. The molecule has 2 atom stereocenters. The lowest BCUT2D eigenvalue weighted by Crippen LogP contribution is -2.28. The van der Waals surface area contributed by atoms with Gasteiger partial charge in [0, 0.05) is 24.6 Å². The van der Waals surface area contributed by atoms with Gasteiger partial charge >= 0.3 is 0 Å². The average Bonchev–Trinajstić information content (AvgIpc) is 3.21. The number of nitrogen functional groups attached to an aromatic ring is 1. The van der Waals surface area contributed by atoms with Crippen LogP contribution in [0.15, 0.2) is 54.7 Å². The summed E-state index contributed by atoms with van der Waals surface area (Å²) in [5.41, 5.74) is 7.90. The Labute approximate surface area is 173 Å². The zero-order valence-electron chi connectivity index (χ0n) is 16.2. The van der Waals surface area contributed by atoms with Gasteiger partial charge in [-0.25, -0.2) is 9.97 Å². The summed E-state index contributed by atoms with van der Waals surface area (Å²) in [5, 5.41) is 6.30. The Morgan fingerprint density at radius 1 is 1.13 bits per heavy atom. The number of nitrogens with two attached hydrogens (primary N) is 1. The van der Waals surface area contributed by atoms with Gasteiger partial charge in [0.05, 0.1) is 17.6 Å². The molecule has 0 spiro atoms. The molecule has 0 radical (unpaired) electrons. The van der Waals surface area contributed by atoms with Gasteiger partial charge in [0.1, 0.15) is 24.2 Å². The van der Waals surface area contributed by atoms with Gasteiger partial charge in [-0.15, -0.1) is 0 Å². The summed E-state index contributed by atoms with van der Waals surface area (Å²) in [6, 6.07) is 15.1. The number of aromatic nitrogens is 2. The lowest BCUT2D eigenvalue weighted by molar-refractivity contribution is 0.102. The second-order valence-electron chi connectivity index (χ2n) is 7.36. The minimum atomic E-state index is -0.445. The number of carbonyl (C=O) groups is 1. The molecule has 1 fully saturated rings. The van der Waals surface area contributed by atoms with Crippen LogP contribution in [-0.2, 0) is 0 Å². The first-order valence-corrected chi connectivity index (χ1v) is 9.82. The Hall–Kier alpha value is -3.65. The monoisotopic (exact) mass is 403 g/mol. The second kappa shape index (κ2) is 7.64. The van der Waals surface area contributed by atoms with E-state index in [9.17, 15) is 4.79 Å². The largest absolute Gasteiger partial charge is 0.492 e. The average molecular weight is 403 g/mol. The van der Waals surface area contributed by atoms with Gasteiger partial charge in [-0.3, -0.25) is 4.79 Å². The van der Waals surface area contributed by atoms with Gasteiger partial charge in [-0.1, -0.05) is 24.3 Å². The molecule has 0 saturated carbocycles. The van der Waals surface area contributed by atoms with Crippen molar-refractivity contribution in [3.8, 4) is 22.8 Å². The number of nitrogens with one attached hydrogen (secondary N) is 2. The third kappa shape index (κ3) is 3.65. The molecule has 1 amide bonds. The van der Waals surface area contributed by atoms with Gasteiger partial charge < -0.3 is 25.8 Å². The van der Waals surface area contributed by atoms with Crippen LogP contribution in [0.5, 0.6) is 11.5 Å². The highest BCUT2D eigenvalue weighted by molar-refractivity contribution is 6.06. The maximum absolute atomic E-state index is 13.0. The van der Waals surface area contributed by atoms with E-state index in [2.05, 4.69) is 20.6 Å². The van der Waals surface area contributed by atoms with Gasteiger partial charge in [-0.05, 0) is 24.3 Å². The molecule has 2 aromatic carbocycles. The zero-order valence-corrected chi connectivity index (χ0v) is 16.2. The summed E-state index contributed by atoms with van der Waals surface area (Å²) in [7, 11) is 0. The van der Waals surface area contributed by atoms with Gasteiger partial charge in [0.2, 0.25) is 0 Å². The molecule has 8 heteroatoms. The number of nitrogens with zero attached hydrogens (tertiary/aromatic N) is 2. The van der Waals surface area contributed by atoms with E-state index >= 15 is 0 Å². The quantitative estimate of drug-likeness (QED) is 0.529. The fourth-order valence-corrected chi connectivity index (χ4v) is 3.68. The first-order chi connectivity index (χ1) is 14.7. The number of rotatable bonds is 0. The molecule has 2 aliphatic rings. The fourth-order valence-electron chi connectivity index (χ4n) is 3.68. The summed E-state index contributed by atoms with van der Waals surface area (Å²) >= 11 is 0. The number of ether oxygens (including phenoxy) is 2.